The molecule has 6 heteroatoms. The molecule has 1 aliphatic heterocycles. The number of imide groups is 1. The van der Waals surface area contributed by atoms with Crippen LogP contribution in [0.1, 0.15) is 26.7 Å². The van der Waals surface area contributed by atoms with Crippen LogP contribution in [0.2, 0.25) is 0 Å². The molecule has 3 N–H and O–H groups in total. The largest absolute Gasteiger partial charge is 0.380 e. The van der Waals surface area contributed by atoms with E-state index in [1.807, 2.05) is 0 Å². The molecule has 0 aromatic heterocycles. The second-order valence-electron chi connectivity index (χ2n) is 4.15. The van der Waals surface area contributed by atoms with Gasteiger partial charge in [0.1, 0.15) is 0 Å². The van der Waals surface area contributed by atoms with Gasteiger partial charge in [0.15, 0.2) is 0 Å². The number of carbonyl (C=O) groups excluding carboxylic acids is 2. The van der Waals surface area contributed by atoms with Gasteiger partial charge in [-0.15, -0.1) is 0 Å². The molecule has 0 aromatic carbocycles. The highest BCUT2D eigenvalue weighted by atomic mass is 16.5. The fraction of sp³-hybridized carbons (Fsp3) is 0.818. The minimum atomic E-state index is -0.453. The molecule has 0 bridgehead atoms. The Bertz CT molecular complexity index is 265. The number of urea groups is 1. The van der Waals surface area contributed by atoms with Crippen LogP contribution in [0.25, 0.3) is 0 Å². The third kappa shape index (κ3) is 5.14. The number of ether oxygens (including phenoxy) is 1. The fourth-order valence-corrected chi connectivity index (χ4v) is 1.73. The van der Waals surface area contributed by atoms with E-state index < -0.39 is 12.1 Å². The lowest BCUT2D eigenvalue weighted by Crippen LogP contribution is -2.52. The lowest BCUT2D eigenvalue weighted by molar-refractivity contribution is -0.122. The lowest BCUT2D eigenvalue weighted by atomic mass is 10.1. The van der Waals surface area contributed by atoms with Crippen LogP contribution in [-0.2, 0) is 9.53 Å². The number of hydrogen-bond acceptors (Lipinski definition) is 4. The number of carbonyl (C=O) groups is 2. The summed E-state index contributed by atoms with van der Waals surface area (Å²) in [5, 5.41) is 7.94. The highest BCUT2D eigenvalue weighted by molar-refractivity contribution is 5.96. The summed E-state index contributed by atoms with van der Waals surface area (Å²) >= 11 is 0. The molecular formula is C11H21N3O3. The SMILES string of the molecule is CCNC(=O)NC(=O)C(C)NC1CCCOC1. The maximum atomic E-state index is 11.6. The Morgan fingerprint density at radius 1 is 1.47 bits per heavy atom. The zero-order valence-electron chi connectivity index (χ0n) is 10.4. The van der Waals surface area contributed by atoms with Crippen molar-refractivity contribution in [3.8, 4) is 0 Å². The van der Waals surface area contributed by atoms with Crippen molar-refractivity contribution < 1.29 is 14.3 Å². The van der Waals surface area contributed by atoms with E-state index in [-0.39, 0.29) is 11.9 Å². The Morgan fingerprint density at radius 3 is 2.82 bits per heavy atom. The summed E-state index contributed by atoms with van der Waals surface area (Å²) in [6.07, 6.45) is 2.00. The molecule has 1 aliphatic rings. The quantitative estimate of drug-likeness (QED) is 0.649. The zero-order chi connectivity index (χ0) is 12.7. The summed E-state index contributed by atoms with van der Waals surface area (Å²) in [6.45, 7) is 5.45. The van der Waals surface area contributed by atoms with Crippen molar-refractivity contribution in [1.29, 1.82) is 0 Å². The second-order valence-corrected chi connectivity index (χ2v) is 4.15. The van der Waals surface area contributed by atoms with Crippen molar-refractivity contribution in [1.82, 2.24) is 16.0 Å². The number of rotatable bonds is 4. The summed E-state index contributed by atoms with van der Waals surface area (Å²) in [5.74, 6) is -0.318. The van der Waals surface area contributed by atoms with Crippen molar-refractivity contribution >= 4 is 11.9 Å². The first-order valence-corrected chi connectivity index (χ1v) is 6.06. The fourth-order valence-electron chi connectivity index (χ4n) is 1.73. The Labute approximate surface area is 101 Å². The zero-order valence-corrected chi connectivity index (χ0v) is 10.4. The molecule has 0 radical (unpaired) electrons. The van der Waals surface area contributed by atoms with Gasteiger partial charge in [0.05, 0.1) is 12.6 Å². The number of hydrogen-bond donors (Lipinski definition) is 3. The van der Waals surface area contributed by atoms with E-state index in [0.717, 1.165) is 19.4 Å². The second kappa shape index (κ2) is 7.24. The van der Waals surface area contributed by atoms with Crippen molar-refractivity contribution in [3.63, 3.8) is 0 Å². The predicted octanol–water partition coefficient (Wildman–Crippen LogP) is -0.0108. The van der Waals surface area contributed by atoms with Crippen molar-refractivity contribution in [3.05, 3.63) is 0 Å². The van der Waals surface area contributed by atoms with Crippen LogP contribution in [0.3, 0.4) is 0 Å². The monoisotopic (exact) mass is 243 g/mol. The average molecular weight is 243 g/mol. The van der Waals surface area contributed by atoms with E-state index in [2.05, 4.69) is 16.0 Å². The van der Waals surface area contributed by atoms with E-state index in [1.54, 1.807) is 13.8 Å². The highest BCUT2D eigenvalue weighted by Crippen LogP contribution is 2.06. The molecule has 0 spiro atoms. The Balaban J connectivity index is 2.28. The molecule has 3 amide bonds. The summed E-state index contributed by atoms with van der Waals surface area (Å²) in [7, 11) is 0. The van der Waals surface area contributed by atoms with Gasteiger partial charge in [-0.1, -0.05) is 0 Å². The van der Waals surface area contributed by atoms with Gasteiger partial charge in [0.2, 0.25) is 5.91 Å². The van der Waals surface area contributed by atoms with Crippen LogP contribution in [0.15, 0.2) is 0 Å². The molecule has 1 fully saturated rings. The van der Waals surface area contributed by atoms with E-state index in [0.29, 0.717) is 13.2 Å². The summed E-state index contributed by atoms with van der Waals surface area (Å²) < 4.78 is 5.31. The van der Waals surface area contributed by atoms with E-state index in [4.69, 9.17) is 4.74 Å². The molecule has 6 nitrogen and oxygen atoms in total. The molecule has 0 saturated carbocycles. The average Bonchev–Trinajstić information content (AvgIpc) is 2.30. The topological polar surface area (TPSA) is 79.5 Å². The Kier molecular flexibility index (Phi) is 5.93. The highest BCUT2D eigenvalue weighted by Gasteiger charge is 2.21. The lowest BCUT2D eigenvalue weighted by Gasteiger charge is -2.26. The number of nitrogens with one attached hydrogen (secondary N) is 3. The summed E-state index contributed by atoms with van der Waals surface area (Å²) in [6, 6.07) is -0.658. The third-order valence-corrected chi connectivity index (χ3v) is 2.61. The van der Waals surface area contributed by atoms with Crippen LogP contribution < -0.4 is 16.0 Å². The standard InChI is InChI=1S/C11H21N3O3/c1-3-12-11(16)14-10(15)8(2)13-9-5-4-6-17-7-9/h8-9,13H,3-7H2,1-2H3,(H2,12,14,15,16). The van der Waals surface area contributed by atoms with Gasteiger partial charge in [-0.3, -0.25) is 10.1 Å². The van der Waals surface area contributed by atoms with Gasteiger partial charge in [0, 0.05) is 19.2 Å². The van der Waals surface area contributed by atoms with Gasteiger partial charge in [0.25, 0.3) is 0 Å². The van der Waals surface area contributed by atoms with Gasteiger partial charge in [-0.05, 0) is 26.7 Å². The molecule has 98 valence electrons. The molecular weight excluding hydrogens is 222 g/mol. The van der Waals surface area contributed by atoms with Gasteiger partial charge in [-0.2, -0.15) is 0 Å². The first kappa shape index (κ1) is 13.9. The smallest absolute Gasteiger partial charge is 0.321 e. The molecule has 2 unspecified atom stereocenters. The van der Waals surface area contributed by atoms with Crippen LogP contribution in [-0.4, -0.2) is 43.8 Å². The van der Waals surface area contributed by atoms with E-state index in [9.17, 15) is 9.59 Å². The van der Waals surface area contributed by atoms with Crippen LogP contribution in [0, 0.1) is 0 Å². The van der Waals surface area contributed by atoms with Gasteiger partial charge in [-0.25, -0.2) is 4.79 Å². The normalized spacial score (nSPS) is 21.6. The summed E-state index contributed by atoms with van der Waals surface area (Å²) in [5.41, 5.74) is 0. The van der Waals surface area contributed by atoms with Crippen LogP contribution in [0.5, 0.6) is 0 Å². The minimum Gasteiger partial charge on any atom is -0.380 e. The van der Waals surface area contributed by atoms with Crippen molar-refractivity contribution in [2.45, 2.75) is 38.8 Å². The first-order valence-electron chi connectivity index (χ1n) is 6.06. The first-order chi connectivity index (χ1) is 8.13. The van der Waals surface area contributed by atoms with E-state index in [1.165, 1.54) is 0 Å². The molecule has 1 saturated heterocycles. The molecule has 1 rings (SSSR count). The Morgan fingerprint density at radius 2 is 2.24 bits per heavy atom. The number of amides is 3. The van der Waals surface area contributed by atoms with Crippen molar-refractivity contribution in [2.24, 2.45) is 0 Å². The maximum absolute atomic E-state index is 11.6. The minimum absolute atomic E-state index is 0.193. The predicted molar refractivity (Wildman–Crippen MR) is 63.7 cm³/mol. The van der Waals surface area contributed by atoms with Crippen LogP contribution >= 0.6 is 0 Å². The third-order valence-electron chi connectivity index (χ3n) is 2.61. The molecule has 0 aliphatic carbocycles. The van der Waals surface area contributed by atoms with Crippen molar-refractivity contribution in [2.75, 3.05) is 19.8 Å². The van der Waals surface area contributed by atoms with Gasteiger partial charge < -0.3 is 15.4 Å². The van der Waals surface area contributed by atoms with Crippen LogP contribution in [0.4, 0.5) is 4.79 Å². The summed E-state index contributed by atoms with van der Waals surface area (Å²) in [4.78, 5) is 22.8. The molecule has 1 heterocycles. The Hall–Kier alpha value is -1.14. The maximum Gasteiger partial charge on any atom is 0.321 e. The van der Waals surface area contributed by atoms with Gasteiger partial charge >= 0.3 is 6.03 Å². The van der Waals surface area contributed by atoms with E-state index >= 15 is 0 Å². The molecule has 0 aromatic rings. The molecule has 17 heavy (non-hydrogen) atoms. The molecule has 2 atom stereocenters.